The second-order valence-electron chi connectivity index (χ2n) is 6.67. The Kier molecular flexibility index (Phi) is 4.93. The quantitative estimate of drug-likeness (QED) is 0.800. The second kappa shape index (κ2) is 7.31. The van der Waals surface area contributed by atoms with Gasteiger partial charge in [0.1, 0.15) is 5.01 Å². The molecule has 24 heavy (non-hydrogen) atoms. The van der Waals surface area contributed by atoms with Crippen LogP contribution in [0.4, 0.5) is 0 Å². The van der Waals surface area contributed by atoms with Gasteiger partial charge in [0, 0.05) is 55.4 Å². The van der Waals surface area contributed by atoms with Crippen molar-refractivity contribution in [2.45, 2.75) is 38.1 Å². The fourth-order valence-corrected chi connectivity index (χ4v) is 4.47. The summed E-state index contributed by atoms with van der Waals surface area (Å²) in [6, 6.07) is 0.507. The number of hydrogen-bond donors (Lipinski definition) is 0. The zero-order chi connectivity index (χ0) is 16.4. The summed E-state index contributed by atoms with van der Waals surface area (Å²) in [5.74, 6) is 0.492. The monoisotopic (exact) mass is 348 g/mol. The van der Waals surface area contributed by atoms with Crippen LogP contribution in [0.3, 0.4) is 0 Å². The van der Waals surface area contributed by atoms with Crippen molar-refractivity contribution in [2.75, 3.05) is 19.8 Å². The molecule has 0 amide bonds. The maximum atomic E-state index is 6.12. The molecule has 1 saturated carbocycles. The summed E-state index contributed by atoms with van der Waals surface area (Å²) < 4.78 is 13.9. The molecule has 1 aliphatic carbocycles. The molecule has 3 atom stereocenters. The average Bonchev–Trinajstić information content (AvgIpc) is 3.30. The first-order valence-corrected chi connectivity index (χ1v) is 9.47. The lowest BCUT2D eigenvalue weighted by molar-refractivity contribution is -0.0891. The van der Waals surface area contributed by atoms with E-state index < -0.39 is 0 Å². The van der Waals surface area contributed by atoms with E-state index in [1.165, 1.54) is 18.4 Å². The van der Waals surface area contributed by atoms with E-state index in [1.54, 1.807) is 11.3 Å². The van der Waals surface area contributed by atoms with E-state index in [2.05, 4.69) is 21.2 Å². The van der Waals surface area contributed by atoms with Gasteiger partial charge < -0.3 is 9.47 Å². The number of rotatable bonds is 6. The molecule has 0 aromatic carbocycles. The van der Waals surface area contributed by atoms with Crippen molar-refractivity contribution in [3.8, 4) is 0 Å². The molecule has 2 aromatic heterocycles. The molecular formula is C17H24N4O2S. The van der Waals surface area contributed by atoms with Crippen LogP contribution in [-0.4, -0.2) is 51.6 Å². The summed E-state index contributed by atoms with van der Waals surface area (Å²) in [5.41, 5.74) is 1.28. The van der Waals surface area contributed by atoms with Crippen LogP contribution in [0.15, 0.2) is 24.0 Å². The van der Waals surface area contributed by atoms with Gasteiger partial charge in [0.05, 0.1) is 32.1 Å². The highest BCUT2D eigenvalue weighted by Gasteiger charge is 2.42. The third kappa shape index (κ3) is 3.54. The highest BCUT2D eigenvalue weighted by atomic mass is 32.1. The van der Waals surface area contributed by atoms with Crippen LogP contribution in [0.5, 0.6) is 0 Å². The maximum Gasteiger partial charge on any atom is 0.118 e. The largest absolute Gasteiger partial charge is 0.375 e. The third-order valence-corrected chi connectivity index (χ3v) is 5.77. The Balaban J connectivity index is 1.32. The maximum absolute atomic E-state index is 6.12. The first-order valence-electron chi connectivity index (χ1n) is 8.59. The van der Waals surface area contributed by atoms with Crippen LogP contribution in [-0.2, 0) is 29.7 Å². The minimum Gasteiger partial charge on any atom is -0.375 e. The Morgan fingerprint density at radius 2 is 2.38 bits per heavy atom. The van der Waals surface area contributed by atoms with E-state index >= 15 is 0 Å². The number of ether oxygens (including phenoxy) is 2. The Bertz CT molecular complexity index is 645. The third-order valence-electron chi connectivity index (χ3n) is 5.02. The molecule has 1 saturated heterocycles. The zero-order valence-electron chi connectivity index (χ0n) is 14.0. The smallest absolute Gasteiger partial charge is 0.118 e. The van der Waals surface area contributed by atoms with Gasteiger partial charge in [-0.2, -0.15) is 5.10 Å². The topological polar surface area (TPSA) is 52.4 Å². The number of hydrogen-bond acceptors (Lipinski definition) is 6. The number of fused-ring (bicyclic) bond motifs is 1. The molecule has 2 aliphatic rings. The van der Waals surface area contributed by atoms with Crippen molar-refractivity contribution in [2.24, 2.45) is 13.0 Å². The summed E-state index contributed by atoms with van der Waals surface area (Å²) in [6.07, 6.45) is 8.57. The van der Waals surface area contributed by atoms with Crippen LogP contribution < -0.4 is 0 Å². The number of nitrogens with zero attached hydrogens (tertiary/aromatic N) is 4. The fourth-order valence-electron chi connectivity index (χ4n) is 3.92. The molecule has 0 N–H and O–H groups in total. The van der Waals surface area contributed by atoms with Gasteiger partial charge in [0.2, 0.25) is 0 Å². The number of morpholine rings is 1. The predicted molar refractivity (Wildman–Crippen MR) is 91.6 cm³/mol. The first kappa shape index (κ1) is 16.2. The van der Waals surface area contributed by atoms with E-state index in [4.69, 9.17) is 9.47 Å². The average molecular weight is 348 g/mol. The van der Waals surface area contributed by atoms with Gasteiger partial charge in [-0.3, -0.25) is 9.58 Å². The molecular weight excluding hydrogens is 324 g/mol. The molecule has 0 radical (unpaired) electrons. The van der Waals surface area contributed by atoms with Crippen LogP contribution >= 0.6 is 11.3 Å². The normalized spacial score (nSPS) is 27.5. The fraction of sp³-hybridized carbons (Fsp3) is 0.647. The van der Waals surface area contributed by atoms with Gasteiger partial charge >= 0.3 is 0 Å². The van der Waals surface area contributed by atoms with Gasteiger partial charge in [0.15, 0.2) is 0 Å². The van der Waals surface area contributed by atoms with Crippen molar-refractivity contribution in [1.82, 2.24) is 19.7 Å². The van der Waals surface area contributed by atoms with Gasteiger partial charge in [-0.1, -0.05) is 0 Å². The van der Waals surface area contributed by atoms with Crippen LogP contribution in [0.25, 0.3) is 0 Å². The molecule has 2 fully saturated rings. The Morgan fingerprint density at radius 1 is 1.42 bits per heavy atom. The lowest BCUT2D eigenvalue weighted by Gasteiger charge is -2.39. The first-order chi connectivity index (χ1) is 11.8. The van der Waals surface area contributed by atoms with E-state index in [0.29, 0.717) is 24.7 Å². The van der Waals surface area contributed by atoms with Gasteiger partial charge in [0.25, 0.3) is 0 Å². The van der Waals surface area contributed by atoms with Crippen LogP contribution in [0, 0.1) is 5.92 Å². The van der Waals surface area contributed by atoms with Crippen molar-refractivity contribution < 1.29 is 9.47 Å². The molecule has 0 bridgehead atoms. The highest BCUT2D eigenvalue weighted by molar-refractivity contribution is 7.09. The summed E-state index contributed by atoms with van der Waals surface area (Å²) in [7, 11) is 1.97. The molecule has 2 aromatic rings. The summed E-state index contributed by atoms with van der Waals surface area (Å²) >= 11 is 1.65. The van der Waals surface area contributed by atoms with Crippen molar-refractivity contribution in [1.29, 1.82) is 0 Å². The minimum atomic E-state index is 0.298. The SMILES string of the molecule is Cn1cc(CN2CCOC3C(COCc4nccs4)CCC32)cn1. The molecule has 3 unspecified atom stereocenters. The van der Waals surface area contributed by atoms with Crippen molar-refractivity contribution >= 4 is 11.3 Å². The van der Waals surface area contributed by atoms with Crippen LogP contribution in [0.2, 0.25) is 0 Å². The number of aryl methyl sites for hydroxylation is 1. The number of thiazole rings is 1. The standard InChI is InChI=1S/C17H24N4O2S/c1-20-9-13(8-19-20)10-21-5-6-23-17-14(2-3-15(17)21)11-22-12-16-18-4-7-24-16/h4,7-9,14-15,17H,2-3,5-6,10-12H2,1H3. The highest BCUT2D eigenvalue weighted by Crippen LogP contribution is 2.35. The van der Waals surface area contributed by atoms with Crippen LogP contribution in [0.1, 0.15) is 23.4 Å². The molecule has 0 spiro atoms. The van der Waals surface area contributed by atoms with E-state index in [1.807, 2.05) is 29.5 Å². The molecule has 6 nitrogen and oxygen atoms in total. The van der Waals surface area contributed by atoms with Gasteiger partial charge in [-0.25, -0.2) is 4.98 Å². The van der Waals surface area contributed by atoms with E-state index in [0.717, 1.165) is 31.3 Å². The predicted octanol–water partition coefficient (Wildman–Crippen LogP) is 2.07. The van der Waals surface area contributed by atoms with Crippen molar-refractivity contribution in [3.05, 3.63) is 34.5 Å². The molecule has 130 valence electrons. The molecule has 4 rings (SSSR count). The van der Waals surface area contributed by atoms with E-state index in [9.17, 15) is 0 Å². The molecule has 1 aliphatic heterocycles. The summed E-state index contributed by atoms with van der Waals surface area (Å²) in [4.78, 5) is 6.83. The lowest BCUT2D eigenvalue weighted by atomic mass is 10.0. The Hall–Kier alpha value is -1.28. The van der Waals surface area contributed by atoms with Gasteiger partial charge in [-0.05, 0) is 12.8 Å². The Morgan fingerprint density at radius 3 is 3.17 bits per heavy atom. The minimum absolute atomic E-state index is 0.298. The number of aromatic nitrogens is 3. The molecule has 7 heteroatoms. The lowest BCUT2D eigenvalue weighted by Crippen LogP contribution is -2.50. The molecule has 3 heterocycles. The second-order valence-corrected chi connectivity index (χ2v) is 7.65. The van der Waals surface area contributed by atoms with E-state index in [-0.39, 0.29) is 0 Å². The van der Waals surface area contributed by atoms with Gasteiger partial charge in [-0.15, -0.1) is 11.3 Å². The zero-order valence-corrected chi connectivity index (χ0v) is 14.8. The van der Waals surface area contributed by atoms with Crippen molar-refractivity contribution in [3.63, 3.8) is 0 Å². The summed E-state index contributed by atoms with van der Waals surface area (Å²) in [5, 5.41) is 7.32. The Labute approximate surface area is 146 Å². The summed E-state index contributed by atoms with van der Waals surface area (Å²) in [6.45, 7) is 4.16.